The molecule has 3 amide bonds. The van der Waals surface area contributed by atoms with E-state index < -0.39 is 16.7 Å². The Kier molecular flexibility index (Phi) is 11.2. The summed E-state index contributed by atoms with van der Waals surface area (Å²) in [6, 6.07) is 18.3. The van der Waals surface area contributed by atoms with Gasteiger partial charge in [0.25, 0.3) is 11.6 Å². The van der Waals surface area contributed by atoms with Gasteiger partial charge < -0.3 is 15.1 Å². The van der Waals surface area contributed by atoms with Crippen molar-refractivity contribution in [3.8, 4) is 11.3 Å². The first-order valence-electron chi connectivity index (χ1n) is 12.7. The Morgan fingerprint density at radius 1 is 1.08 bits per heavy atom. The largest absolute Gasteiger partial charge is 0.451 e. The average Bonchev–Trinajstić information content (AvgIpc) is 3.45. The third kappa shape index (κ3) is 9.08. The van der Waals surface area contributed by atoms with E-state index in [0.29, 0.717) is 24.2 Å². The van der Waals surface area contributed by atoms with Crippen molar-refractivity contribution in [1.82, 2.24) is 15.7 Å². The molecule has 0 spiro atoms. The quantitative estimate of drug-likeness (QED) is 0.0905. The lowest BCUT2D eigenvalue weighted by Gasteiger charge is -2.23. The predicted molar refractivity (Wildman–Crippen MR) is 143 cm³/mol. The fourth-order valence-electron chi connectivity index (χ4n) is 3.85. The minimum atomic E-state index is -0.560. The maximum atomic E-state index is 12.9. The Morgan fingerprint density at radius 2 is 1.87 bits per heavy atom. The van der Waals surface area contributed by atoms with Gasteiger partial charge in [0.1, 0.15) is 12.4 Å². The van der Waals surface area contributed by atoms with Crippen molar-refractivity contribution in [3.05, 3.63) is 88.2 Å². The molecule has 11 nitrogen and oxygen atoms in total. The second kappa shape index (κ2) is 15.0. The van der Waals surface area contributed by atoms with Crippen LogP contribution >= 0.6 is 0 Å². The van der Waals surface area contributed by atoms with Gasteiger partial charge >= 0.3 is 0 Å². The molecule has 11 heteroatoms. The highest BCUT2D eigenvalue weighted by molar-refractivity contribution is 5.92. The monoisotopic (exact) mass is 536 g/mol. The second-order valence-electron chi connectivity index (χ2n) is 8.85. The van der Waals surface area contributed by atoms with Gasteiger partial charge in [0, 0.05) is 17.7 Å². The predicted octanol–water partition coefficient (Wildman–Crippen LogP) is 4.45. The Balaban J connectivity index is 1.53. The number of amides is 3. The number of hydrogen-bond donors (Lipinski definition) is 2. The van der Waals surface area contributed by atoms with E-state index >= 15 is 0 Å². The van der Waals surface area contributed by atoms with Crippen LogP contribution in [0.4, 0.5) is 5.69 Å². The van der Waals surface area contributed by atoms with Crippen molar-refractivity contribution in [2.45, 2.75) is 39.2 Å². The van der Waals surface area contributed by atoms with E-state index in [4.69, 9.17) is 9.25 Å². The summed E-state index contributed by atoms with van der Waals surface area (Å²) >= 11 is 0. The van der Waals surface area contributed by atoms with E-state index in [2.05, 4.69) is 17.6 Å². The molecule has 1 atom stereocenters. The van der Waals surface area contributed by atoms with Crippen molar-refractivity contribution < 1.29 is 28.6 Å². The molecule has 206 valence electrons. The summed E-state index contributed by atoms with van der Waals surface area (Å²) in [6.07, 6.45) is 3.84. The molecule has 0 bridgehead atoms. The number of non-ortho nitro benzene ring substituents is 1. The number of hydroxylamine groups is 2. The number of unbranched alkanes of at least 4 members (excludes halogenated alkanes) is 2. The van der Waals surface area contributed by atoms with Gasteiger partial charge in [-0.1, -0.05) is 68.7 Å². The summed E-state index contributed by atoms with van der Waals surface area (Å²) in [7, 11) is 0. The van der Waals surface area contributed by atoms with Crippen molar-refractivity contribution >= 4 is 23.9 Å². The molecule has 0 aliphatic heterocycles. The number of furan rings is 1. The zero-order valence-electron chi connectivity index (χ0n) is 21.7. The van der Waals surface area contributed by atoms with Crippen LogP contribution < -0.4 is 10.6 Å². The molecule has 2 aromatic carbocycles. The number of benzene rings is 2. The third-order valence-electron chi connectivity index (χ3n) is 5.97. The minimum Gasteiger partial charge on any atom is -0.451 e. The van der Waals surface area contributed by atoms with Crippen LogP contribution in [0.5, 0.6) is 0 Å². The van der Waals surface area contributed by atoms with Gasteiger partial charge in [-0.05, 0) is 24.1 Å². The summed E-state index contributed by atoms with van der Waals surface area (Å²) in [5.41, 5.74) is 1.26. The Bertz CT molecular complexity index is 1250. The summed E-state index contributed by atoms with van der Waals surface area (Å²) < 4.78 is 5.56. The number of nitrogens with one attached hydrogen (secondary N) is 2. The number of nitro benzene ring substituents is 1. The van der Waals surface area contributed by atoms with Crippen LogP contribution in [0.15, 0.2) is 71.1 Å². The molecule has 0 fully saturated rings. The molecule has 39 heavy (non-hydrogen) atoms. The van der Waals surface area contributed by atoms with E-state index in [0.717, 1.165) is 29.9 Å². The molecule has 0 aliphatic rings. The highest BCUT2D eigenvalue weighted by Crippen LogP contribution is 2.25. The molecule has 0 saturated heterocycles. The molecule has 1 aromatic heterocycles. The highest BCUT2D eigenvalue weighted by atomic mass is 16.7. The average molecular weight is 537 g/mol. The number of carbonyl (C=O) groups is 3. The van der Waals surface area contributed by atoms with E-state index in [1.807, 2.05) is 30.3 Å². The van der Waals surface area contributed by atoms with Gasteiger partial charge in [-0.15, -0.1) is 0 Å². The molecular formula is C28H32N4O7. The lowest BCUT2D eigenvalue weighted by atomic mass is 10.0. The highest BCUT2D eigenvalue weighted by Gasteiger charge is 2.22. The van der Waals surface area contributed by atoms with Crippen LogP contribution in [0, 0.1) is 16.0 Å². The Hall–Kier alpha value is -4.51. The van der Waals surface area contributed by atoms with Crippen LogP contribution in [-0.2, 0) is 21.0 Å². The van der Waals surface area contributed by atoms with Crippen LogP contribution in [0.25, 0.3) is 11.3 Å². The Morgan fingerprint density at radius 3 is 2.59 bits per heavy atom. The lowest BCUT2D eigenvalue weighted by Crippen LogP contribution is -2.43. The van der Waals surface area contributed by atoms with Gasteiger partial charge in [0.15, 0.2) is 5.76 Å². The first kappa shape index (κ1) is 29.1. The number of nitro groups is 1. The van der Waals surface area contributed by atoms with Crippen molar-refractivity contribution in [2.75, 3.05) is 13.2 Å². The smallest absolute Gasteiger partial charge is 0.288 e. The normalized spacial score (nSPS) is 11.4. The summed E-state index contributed by atoms with van der Waals surface area (Å²) in [5.74, 6) is -1.12. The van der Waals surface area contributed by atoms with Gasteiger partial charge in [-0.2, -0.15) is 0 Å². The van der Waals surface area contributed by atoms with E-state index in [1.54, 1.807) is 12.1 Å². The molecule has 1 heterocycles. The molecule has 0 aliphatic carbocycles. The molecular weight excluding hydrogens is 504 g/mol. The van der Waals surface area contributed by atoms with Gasteiger partial charge in [0.05, 0.1) is 24.1 Å². The maximum absolute atomic E-state index is 12.9. The SMILES string of the molecule is CCCCC[C@H](CN(C=O)OCc1ccccc1)C(=O)NCNC(=O)c1ccc(-c2cccc([N+](=O)[O-])c2)o1. The van der Waals surface area contributed by atoms with Crippen LogP contribution in [0.1, 0.15) is 48.7 Å². The fraction of sp³-hybridized carbons (Fsp3) is 0.321. The van der Waals surface area contributed by atoms with Crippen molar-refractivity contribution in [2.24, 2.45) is 5.92 Å². The van der Waals surface area contributed by atoms with E-state index in [1.165, 1.54) is 24.3 Å². The molecule has 0 saturated carbocycles. The number of carbonyl (C=O) groups excluding carboxylic acids is 3. The maximum Gasteiger partial charge on any atom is 0.288 e. The molecule has 0 radical (unpaired) electrons. The number of rotatable bonds is 16. The fourth-order valence-corrected chi connectivity index (χ4v) is 3.85. The van der Waals surface area contributed by atoms with Gasteiger partial charge in [0.2, 0.25) is 12.3 Å². The molecule has 3 rings (SSSR count). The Labute approximate surface area is 226 Å². The zero-order valence-corrected chi connectivity index (χ0v) is 21.7. The summed E-state index contributed by atoms with van der Waals surface area (Å²) in [6.45, 7) is 2.18. The lowest BCUT2D eigenvalue weighted by molar-refractivity contribution is -0.384. The molecule has 2 N–H and O–H groups in total. The third-order valence-corrected chi connectivity index (χ3v) is 5.97. The standard InChI is InChI=1S/C28H32N4O7/c1-2-3-5-11-23(17-31(20-33)38-18-21-9-6-4-7-10-21)27(34)29-19-30-28(35)26-15-14-25(39-26)22-12-8-13-24(16-22)32(36)37/h4,6-10,12-16,20,23H,2-3,5,11,17-19H2,1H3,(H,29,34)(H,30,35)/t23-/m1/s1. The van der Waals surface area contributed by atoms with Crippen LogP contribution in [0.2, 0.25) is 0 Å². The van der Waals surface area contributed by atoms with Crippen molar-refractivity contribution in [3.63, 3.8) is 0 Å². The van der Waals surface area contributed by atoms with E-state index in [9.17, 15) is 24.5 Å². The first-order chi connectivity index (χ1) is 18.9. The molecule has 3 aromatic rings. The van der Waals surface area contributed by atoms with Crippen LogP contribution in [0.3, 0.4) is 0 Å². The van der Waals surface area contributed by atoms with Crippen molar-refractivity contribution in [1.29, 1.82) is 0 Å². The number of nitrogens with zero attached hydrogens (tertiary/aromatic N) is 2. The first-order valence-corrected chi connectivity index (χ1v) is 12.7. The minimum absolute atomic E-state index is 0.00769. The van der Waals surface area contributed by atoms with Crippen LogP contribution in [-0.4, -0.2) is 41.4 Å². The topological polar surface area (TPSA) is 144 Å². The van der Waals surface area contributed by atoms with Gasteiger partial charge in [-0.25, -0.2) is 5.06 Å². The molecule has 0 unspecified atom stereocenters. The number of hydrogen-bond acceptors (Lipinski definition) is 7. The zero-order chi connectivity index (χ0) is 28.0. The summed E-state index contributed by atoms with van der Waals surface area (Å²) in [5, 5.41) is 17.4. The summed E-state index contributed by atoms with van der Waals surface area (Å²) in [4.78, 5) is 53.1. The van der Waals surface area contributed by atoms with E-state index in [-0.39, 0.29) is 37.2 Å². The van der Waals surface area contributed by atoms with Gasteiger partial charge in [-0.3, -0.25) is 29.3 Å². The second-order valence-corrected chi connectivity index (χ2v) is 8.85.